The largest absolute Gasteiger partial charge is 0.381 e. The van der Waals surface area contributed by atoms with E-state index >= 15 is 0 Å². The van der Waals surface area contributed by atoms with Crippen molar-refractivity contribution in [1.82, 2.24) is 25.4 Å². The fourth-order valence-corrected chi connectivity index (χ4v) is 2.78. The van der Waals surface area contributed by atoms with E-state index in [9.17, 15) is 9.59 Å². The Morgan fingerprint density at radius 1 is 1.33 bits per heavy atom. The minimum atomic E-state index is -0.559. The lowest BCUT2D eigenvalue weighted by molar-refractivity contribution is 0.0467. The highest BCUT2D eigenvalue weighted by Gasteiger charge is 2.31. The van der Waals surface area contributed by atoms with Gasteiger partial charge in [-0.1, -0.05) is 5.16 Å². The summed E-state index contributed by atoms with van der Waals surface area (Å²) in [5.74, 6) is 0.526. The van der Waals surface area contributed by atoms with Crippen molar-refractivity contribution in [3.63, 3.8) is 0 Å². The molecule has 1 atom stereocenters. The van der Waals surface area contributed by atoms with Gasteiger partial charge in [0.1, 0.15) is 11.7 Å². The number of nitrogens with one attached hydrogen (secondary N) is 2. The van der Waals surface area contributed by atoms with Crippen LogP contribution in [0.3, 0.4) is 0 Å². The summed E-state index contributed by atoms with van der Waals surface area (Å²) in [4.78, 5) is 34.5. The number of hydrogen-bond acceptors (Lipinski definition) is 7. The van der Waals surface area contributed by atoms with E-state index < -0.39 is 17.6 Å². The fourth-order valence-electron chi connectivity index (χ4n) is 2.78. The molecule has 128 valence electrons. The summed E-state index contributed by atoms with van der Waals surface area (Å²) >= 11 is 0. The van der Waals surface area contributed by atoms with Crippen LogP contribution in [0.2, 0.25) is 0 Å². The molecule has 0 aromatic carbocycles. The maximum absolute atomic E-state index is 12.5. The molecule has 3 rings (SSSR count). The molecule has 2 N–H and O–H groups in total. The van der Waals surface area contributed by atoms with Gasteiger partial charge >= 0.3 is 5.69 Å². The Bertz CT molecular complexity index is 778. The molecule has 0 radical (unpaired) electrons. The van der Waals surface area contributed by atoms with Gasteiger partial charge in [0, 0.05) is 18.9 Å². The molecule has 1 amide bonds. The molecule has 0 aliphatic carbocycles. The van der Waals surface area contributed by atoms with Crippen LogP contribution in [0.25, 0.3) is 0 Å². The van der Waals surface area contributed by atoms with Crippen molar-refractivity contribution in [2.45, 2.75) is 32.7 Å². The number of amides is 1. The summed E-state index contributed by atoms with van der Waals surface area (Å²) < 4.78 is 10.6. The van der Waals surface area contributed by atoms with Crippen molar-refractivity contribution in [1.29, 1.82) is 0 Å². The molecule has 1 aliphatic heterocycles. The Kier molecular flexibility index (Phi) is 4.70. The van der Waals surface area contributed by atoms with Crippen LogP contribution >= 0.6 is 0 Å². The second-order valence-corrected chi connectivity index (χ2v) is 5.84. The van der Waals surface area contributed by atoms with Crippen molar-refractivity contribution in [3.05, 3.63) is 39.7 Å². The Morgan fingerprint density at radius 3 is 2.71 bits per heavy atom. The number of aryl methyl sites for hydroxylation is 2. The number of rotatable bonds is 4. The minimum absolute atomic E-state index is 0.0598. The van der Waals surface area contributed by atoms with Crippen LogP contribution in [0.5, 0.6) is 0 Å². The van der Waals surface area contributed by atoms with Crippen molar-refractivity contribution < 1.29 is 14.1 Å². The van der Waals surface area contributed by atoms with Gasteiger partial charge in [0.05, 0.1) is 0 Å². The third-order valence-electron chi connectivity index (χ3n) is 3.95. The van der Waals surface area contributed by atoms with Gasteiger partial charge < -0.3 is 19.6 Å². The Balaban J connectivity index is 1.85. The van der Waals surface area contributed by atoms with Crippen LogP contribution in [-0.4, -0.2) is 39.2 Å². The second-order valence-electron chi connectivity index (χ2n) is 5.84. The van der Waals surface area contributed by atoms with Gasteiger partial charge in [-0.15, -0.1) is 0 Å². The number of hydrogen-bond donors (Lipinski definition) is 2. The maximum Gasteiger partial charge on any atom is 0.345 e. The first-order valence-corrected chi connectivity index (χ1v) is 7.79. The van der Waals surface area contributed by atoms with Gasteiger partial charge in [0.15, 0.2) is 5.82 Å². The number of aromatic nitrogens is 4. The normalized spacial score (nSPS) is 16.8. The van der Waals surface area contributed by atoms with Gasteiger partial charge in [0.2, 0.25) is 5.89 Å². The summed E-state index contributed by atoms with van der Waals surface area (Å²) in [5.41, 5.74) is 0.0670. The van der Waals surface area contributed by atoms with E-state index in [4.69, 9.17) is 9.26 Å². The number of carbonyl (C=O) groups is 1. The molecule has 24 heavy (non-hydrogen) atoms. The molecule has 2 aromatic rings. The molecule has 0 spiro atoms. The lowest BCUT2D eigenvalue weighted by Crippen LogP contribution is -2.37. The van der Waals surface area contributed by atoms with Crippen molar-refractivity contribution >= 4 is 5.91 Å². The maximum atomic E-state index is 12.5. The molecule has 9 nitrogen and oxygen atoms in total. The second kappa shape index (κ2) is 6.91. The highest BCUT2D eigenvalue weighted by atomic mass is 16.5. The van der Waals surface area contributed by atoms with Gasteiger partial charge in [-0.25, -0.2) is 4.79 Å². The summed E-state index contributed by atoms with van der Waals surface area (Å²) in [7, 11) is 0. The molecular weight excluding hydrogens is 314 g/mol. The van der Waals surface area contributed by atoms with E-state index in [1.807, 2.05) is 0 Å². The van der Waals surface area contributed by atoms with Crippen LogP contribution in [0.15, 0.2) is 15.4 Å². The zero-order chi connectivity index (χ0) is 17.1. The van der Waals surface area contributed by atoms with Crippen LogP contribution < -0.4 is 11.0 Å². The molecule has 1 aliphatic rings. The summed E-state index contributed by atoms with van der Waals surface area (Å²) in [6.45, 7) is 4.65. The molecule has 3 heterocycles. The summed E-state index contributed by atoms with van der Waals surface area (Å²) in [6.07, 6.45) is 1.54. The number of H-pyrrole nitrogens is 1. The first kappa shape index (κ1) is 16.3. The average Bonchev–Trinajstić information content (AvgIpc) is 2.98. The zero-order valence-corrected chi connectivity index (χ0v) is 13.5. The number of aromatic amines is 1. The number of ether oxygens (including phenoxy) is 1. The fraction of sp³-hybridized carbons (Fsp3) is 0.533. The third kappa shape index (κ3) is 3.67. The van der Waals surface area contributed by atoms with Crippen LogP contribution in [0, 0.1) is 19.8 Å². The molecule has 2 aromatic heterocycles. The Labute approximate surface area is 137 Å². The lowest BCUT2D eigenvalue weighted by atomic mass is 9.91. The summed E-state index contributed by atoms with van der Waals surface area (Å²) in [6, 6.07) is 1.08. The summed E-state index contributed by atoms with van der Waals surface area (Å²) in [5, 5.41) is 6.68. The number of carbonyl (C=O) groups excluding carboxylic acids is 1. The van der Waals surface area contributed by atoms with E-state index in [1.165, 1.54) is 6.07 Å². The molecular formula is C15H19N5O4. The van der Waals surface area contributed by atoms with Crippen molar-refractivity contribution in [2.75, 3.05) is 13.2 Å². The first-order chi connectivity index (χ1) is 11.5. The zero-order valence-electron chi connectivity index (χ0n) is 13.5. The molecule has 1 unspecified atom stereocenters. The SMILES string of the molecule is Cc1noc(C(NC(=O)c2cc(C)[nH]c(=O)n2)C2CCOCC2)n1. The van der Waals surface area contributed by atoms with E-state index in [2.05, 4.69) is 25.4 Å². The Hall–Kier alpha value is -2.55. The van der Waals surface area contributed by atoms with Crippen molar-refractivity contribution in [3.8, 4) is 0 Å². The molecule has 0 bridgehead atoms. The third-order valence-corrected chi connectivity index (χ3v) is 3.95. The van der Waals surface area contributed by atoms with Crippen molar-refractivity contribution in [2.24, 2.45) is 5.92 Å². The van der Waals surface area contributed by atoms with Crippen LogP contribution in [-0.2, 0) is 4.74 Å². The minimum Gasteiger partial charge on any atom is -0.381 e. The predicted octanol–water partition coefficient (Wildman–Crippen LogP) is 0.667. The van der Waals surface area contributed by atoms with E-state index in [0.717, 1.165) is 12.8 Å². The average molecular weight is 333 g/mol. The smallest absolute Gasteiger partial charge is 0.345 e. The Morgan fingerprint density at radius 2 is 2.08 bits per heavy atom. The van der Waals surface area contributed by atoms with Crippen LogP contribution in [0.4, 0.5) is 0 Å². The monoisotopic (exact) mass is 333 g/mol. The van der Waals surface area contributed by atoms with E-state index in [1.54, 1.807) is 13.8 Å². The highest BCUT2D eigenvalue weighted by Crippen LogP contribution is 2.29. The standard InChI is InChI=1S/C15H19N5O4/c1-8-7-11(18-15(22)16-8)13(21)19-12(10-3-5-23-6-4-10)14-17-9(2)20-24-14/h7,10,12H,3-6H2,1-2H3,(H,19,21)(H,16,18,22). The predicted molar refractivity (Wildman–Crippen MR) is 82.4 cm³/mol. The van der Waals surface area contributed by atoms with E-state index in [-0.39, 0.29) is 11.6 Å². The number of nitrogens with zero attached hydrogens (tertiary/aromatic N) is 3. The molecule has 9 heteroatoms. The highest BCUT2D eigenvalue weighted by molar-refractivity contribution is 5.92. The first-order valence-electron chi connectivity index (χ1n) is 7.79. The van der Waals surface area contributed by atoms with Gasteiger partial charge in [-0.2, -0.15) is 9.97 Å². The lowest BCUT2D eigenvalue weighted by Gasteiger charge is -2.28. The van der Waals surface area contributed by atoms with Gasteiger partial charge in [-0.05, 0) is 38.7 Å². The topological polar surface area (TPSA) is 123 Å². The van der Waals surface area contributed by atoms with Gasteiger partial charge in [-0.3, -0.25) is 4.79 Å². The van der Waals surface area contributed by atoms with Gasteiger partial charge in [0.25, 0.3) is 5.91 Å². The molecule has 0 saturated carbocycles. The van der Waals surface area contributed by atoms with E-state index in [0.29, 0.717) is 30.6 Å². The van der Waals surface area contributed by atoms with Crippen LogP contribution in [0.1, 0.15) is 46.8 Å². The molecule has 1 fully saturated rings. The quantitative estimate of drug-likeness (QED) is 0.842. The molecule has 1 saturated heterocycles.